The van der Waals surface area contributed by atoms with E-state index in [1.165, 1.54) is 18.4 Å². The van der Waals surface area contributed by atoms with Gasteiger partial charge in [-0.2, -0.15) is 0 Å². The van der Waals surface area contributed by atoms with E-state index >= 15 is 0 Å². The molecule has 3 rings (SSSR count). The fourth-order valence-electron chi connectivity index (χ4n) is 4.34. The summed E-state index contributed by atoms with van der Waals surface area (Å²) in [4.78, 5) is 21.7. The number of aliphatic hydroxyl groups excluding tert-OH is 1. The number of aliphatic hydroxyl groups is 1. The highest BCUT2D eigenvalue weighted by atomic mass is 16.3. The first-order chi connectivity index (χ1) is 13.3. The molecule has 1 atom stereocenters. The molecule has 0 unspecified atom stereocenters. The number of nitrogens with zero attached hydrogens (tertiary/aromatic N) is 3. The Morgan fingerprint density at radius 2 is 2.07 bits per heavy atom. The predicted molar refractivity (Wildman–Crippen MR) is 106 cm³/mol. The molecule has 150 valence electrons. The molecule has 27 heavy (non-hydrogen) atoms. The van der Waals surface area contributed by atoms with Crippen LogP contribution in [0.3, 0.4) is 0 Å². The van der Waals surface area contributed by atoms with Crippen molar-refractivity contribution < 1.29 is 9.90 Å². The molecule has 0 aliphatic carbocycles. The van der Waals surface area contributed by atoms with Gasteiger partial charge in [0.25, 0.3) is 0 Å². The lowest BCUT2D eigenvalue weighted by molar-refractivity contribution is -0.127. The SMILES string of the molecule is O=C(NCCCCO)[C@H]1CCCN(C2CCN(Cc3cccnc3)CC2)C1. The molecule has 3 heterocycles. The Morgan fingerprint density at radius 3 is 2.81 bits per heavy atom. The Balaban J connectivity index is 1.40. The van der Waals surface area contributed by atoms with Gasteiger partial charge >= 0.3 is 0 Å². The first-order valence-electron chi connectivity index (χ1n) is 10.5. The average Bonchev–Trinajstić information content (AvgIpc) is 2.72. The zero-order chi connectivity index (χ0) is 18.9. The van der Waals surface area contributed by atoms with Gasteiger partial charge in [-0.3, -0.25) is 19.6 Å². The summed E-state index contributed by atoms with van der Waals surface area (Å²) < 4.78 is 0. The van der Waals surface area contributed by atoms with Gasteiger partial charge in [0.15, 0.2) is 0 Å². The lowest BCUT2D eigenvalue weighted by atomic mass is 9.93. The van der Waals surface area contributed by atoms with Gasteiger partial charge in [-0.25, -0.2) is 0 Å². The predicted octanol–water partition coefficient (Wildman–Crippen LogP) is 1.65. The molecule has 0 saturated carbocycles. The van der Waals surface area contributed by atoms with Gasteiger partial charge in [0.1, 0.15) is 0 Å². The molecule has 2 aliphatic rings. The van der Waals surface area contributed by atoms with Crippen LogP contribution in [0.15, 0.2) is 24.5 Å². The highest BCUT2D eigenvalue weighted by molar-refractivity contribution is 5.78. The van der Waals surface area contributed by atoms with Crippen molar-refractivity contribution in [1.29, 1.82) is 0 Å². The topological polar surface area (TPSA) is 68.7 Å². The number of carbonyl (C=O) groups is 1. The number of aromatic nitrogens is 1. The van der Waals surface area contributed by atoms with Crippen LogP contribution in [0.25, 0.3) is 0 Å². The van der Waals surface area contributed by atoms with E-state index < -0.39 is 0 Å². The number of hydrogen-bond donors (Lipinski definition) is 2. The van der Waals surface area contributed by atoms with Crippen LogP contribution in [-0.2, 0) is 11.3 Å². The minimum atomic E-state index is 0.126. The van der Waals surface area contributed by atoms with Gasteiger partial charge in [-0.05, 0) is 69.8 Å². The van der Waals surface area contributed by atoms with E-state index in [9.17, 15) is 4.79 Å². The zero-order valence-corrected chi connectivity index (χ0v) is 16.4. The maximum atomic E-state index is 12.4. The second-order valence-electron chi connectivity index (χ2n) is 7.92. The molecule has 6 nitrogen and oxygen atoms in total. The van der Waals surface area contributed by atoms with Crippen molar-refractivity contribution >= 4 is 5.91 Å². The standard InChI is InChI=1S/C21H34N4O2/c26-14-2-1-10-23-21(27)19-6-4-11-25(17-19)20-7-12-24(13-8-20)16-18-5-3-9-22-15-18/h3,5,9,15,19-20,26H,1-2,4,6-8,10-14,16-17H2,(H,23,27)/t19-/m0/s1. The quantitative estimate of drug-likeness (QED) is 0.677. The molecule has 2 saturated heterocycles. The number of pyridine rings is 1. The first kappa shape index (κ1) is 20.2. The minimum absolute atomic E-state index is 0.126. The van der Waals surface area contributed by atoms with E-state index in [2.05, 4.69) is 26.2 Å². The Morgan fingerprint density at radius 1 is 1.22 bits per heavy atom. The van der Waals surface area contributed by atoms with Crippen molar-refractivity contribution in [3.63, 3.8) is 0 Å². The molecule has 0 aromatic carbocycles. The van der Waals surface area contributed by atoms with Crippen molar-refractivity contribution in [2.45, 2.75) is 51.1 Å². The largest absolute Gasteiger partial charge is 0.396 e. The van der Waals surface area contributed by atoms with E-state index in [4.69, 9.17) is 5.11 Å². The fraction of sp³-hybridized carbons (Fsp3) is 0.714. The highest BCUT2D eigenvalue weighted by Crippen LogP contribution is 2.24. The Hall–Kier alpha value is -1.50. The van der Waals surface area contributed by atoms with Crippen molar-refractivity contribution in [3.8, 4) is 0 Å². The smallest absolute Gasteiger partial charge is 0.224 e. The Bertz CT molecular complexity index is 561. The van der Waals surface area contributed by atoms with E-state index in [1.807, 2.05) is 18.5 Å². The van der Waals surface area contributed by atoms with Crippen molar-refractivity contribution in [1.82, 2.24) is 20.1 Å². The number of rotatable bonds is 8. The second kappa shape index (κ2) is 10.7. The summed E-state index contributed by atoms with van der Waals surface area (Å²) >= 11 is 0. The van der Waals surface area contributed by atoms with Crippen LogP contribution in [0.1, 0.15) is 44.1 Å². The molecule has 0 spiro atoms. The van der Waals surface area contributed by atoms with Crippen molar-refractivity contribution in [2.75, 3.05) is 39.3 Å². The second-order valence-corrected chi connectivity index (χ2v) is 7.92. The van der Waals surface area contributed by atoms with Crippen LogP contribution in [-0.4, -0.2) is 71.2 Å². The first-order valence-corrected chi connectivity index (χ1v) is 10.5. The molecule has 2 N–H and O–H groups in total. The van der Waals surface area contributed by atoms with E-state index in [1.54, 1.807) is 0 Å². The van der Waals surface area contributed by atoms with Crippen molar-refractivity contribution in [3.05, 3.63) is 30.1 Å². The maximum absolute atomic E-state index is 12.4. The van der Waals surface area contributed by atoms with E-state index in [0.29, 0.717) is 12.6 Å². The Labute approximate surface area is 163 Å². The Kier molecular flexibility index (Phi) is 8.05. The van der Waals surface area contributed by atoms with Crippen LogP contribution in [0.4, 0.5) is 0 Å². The molecule has 6 heteroatoms. The maximum Gasteiger partial charge on any atom is 0.224 e. The molecule has 1 amide bonds. The lowest BCUT2D eigenvalue weighted by Gasteiger charge is -2.42. The summed E-state index contributed by atoms with van der Waals surface area (Å²) in [6.45, 7) is 6.14. The van der Waals surface area contributed by atoms with E-state index in [-0.39, 0.29) is 18.4 Å². The van der Waals surface area contributed by atoms with Crippen LogP contribution in [0.5, 0.6) is 0 Å². The molecule has 1 aromatic rings. The van der Waals surface area contributed by atoms with Gasteiger partial charge in [0.05, 0.1) is 5.92 Å². The van der Waals surface area contributed by atoms with E-state index in [0.717, 1.165) is 58.4 Å². The van der Waals surface area contributed by atoms with Crippen LogP contribution < -0.4 is 5.32 Å². The summed E-state index contributed by atoms with van der Waals surface area (Å²) in [6, 6.07) is 4.76. The highest BCUT2D eigenvalue weighted by Gasteiger charge is 2.31. The summed E-state index contributed by atoms with van der Waals surface area (Å²) in [6.07, 6.45) is 9.89. The number of likely N-dealkylation sites (tertiary alicyclic amines) is 2. The molecular weight excluding hydrogens is 340 g/mol. The number of amides is 1. The summed E-state index contributed by atoms with van der Waals surface area (Å²) in [5.74, 6) is 0.327. The number of hydrogen-bond acceptors (Lipinski definition) is 5. The number of carbonyl (C=O) groups excluding carboxylic acids is 1. The van der Waals surface area contributed by atoms with Gasteiger partial charge in [0.2, 0.25) is 5.91 Å². The zero-order valence-electron chi connectivity index (χ0n) is 16.4. The van der Waals surface area contributed by atoms with Gasteiger partial charge in [-0.15, -0.1) is 0 Å². The fourth-order valence-corrected chi connectivity index (χ4v) is 4.34. The van der Waals surface area contributed by atoms with Crippen LogP contribution in [0.2, 0.25) is 0 Å². The summed E-state index contributed by atoms with van der Waals surface area (Å²) in [5.41, 5.74) is 1.28. The third-order valence-electron chi connectivity index (χ3n) is 5.91. The molecule has 2 fully saturated rings. The normalized spacial score (nSPS) is 22.6. The van der Waals surface area contributed by atoms with Gasteiger partial charge in [0, 0.05) is 44.7 Å². The summed E-state index contributed by atoms with van der Waals surface area (Å²) in [7, 11) is 0. The van der Waals surface area contributed by atoms with Gasteiger partial charge < -0.3 is 10.4 Å². The molecular formula is C21H34N4O2. The molecule has 1 aromatic heterocycles. The number of nitrogens with one attached hydrogen (secondary N) is 1. The number of piperidine rings is 2. The minimum Gasteiger partial charge on any atom is -0.396 e. The monoisotopic (exact) mass is 374 g/mol. The van der Waals surface area contributed by atoms with Crippen LogP contribution in [0, 0.1) is 5.92 Å². The molecule has 0 radical (unpaired) electrons. The number of unbranched alkanes of at least 4 members (excludes halogenated alkanes) is 1. The molecule has 2 aliphatic heterocycles. The molecule has 0 bridgehead atoms. The third-order valence-corrected chi connectivity index (χ3v) is 5.91. The summed E-state index contributed by atoms with van der Waals surface area (Å²) in [5, 5.41) is 11.9. The third kappa shape index (κ3) is 6.26. The van der Waals surface area contributed by atoms with Gasteiger partial charge in [-0.1, -0.05) is 6.07 Å². The van der Waals surface area contributed by atoms with Crippen molar-refractivity contribution in [2.24, 2.45) is 5.92 Å². The van der Waals surface area contributed by atoms with Crippen LogP contribution >= 0.6 is 0 Å². The average molecular weight is 375 g/mol. The lowest BCUT2D eigenvalue weighted by Crippen LogP contribution is -2.50.